The zero-order valence-electron chi connectivity index (χ0n) is 18.9. The van der Waals surface area contributed by atoms with Crippen molar-refractivity contribution in [3.63, 3.8) is 0 Å². The van der Waals surface area contributed by atoms with Gasteiger partial charge in [0.05, 0.1) is 16.7 Å². The Morgan fingerprint density at radius 1 is 0.694 bits per heavy atom. The lowest BCUT2D eigenvalue weighted by atomic mass is 10.0. The van der Waals surface area contributed by atoms with Crippen molar-refractivity contribution < 1.29 is 37.7 Å². The van der Waals surface area contributed by atoms with E-state index in [1.54, 1.807) is 78.9 Å². The van der Waals surface area contributed by atoms with Gasteiger partial charge in [-0.3, -0.25) is 0 Å². The summed E-state index contributed by atoms with van der Waals surface area (Å²) in [7, 11) is 0. The quantitative estimate of drug-likeness (QED) is 0.235. The minimum atomic E-state index is -1.97. The molecule has 0 bridgehead atoms. The molecule has 3 aromatic carbocycles. The van der Waals surface area contributed by atoms with E-state index in [1.807, 2.05) is 0 Å². The Bertz CT molecular complexity index is 1180. The third kappa shape index (κ3) is 6.16. The molecule has 1 heterocycles. The van der Waals surface area contributed by atoms with Crippen molar-refractivity contribution in [1.29, 1.82) is 0 Å². The SMILES string of the molecule is O=C(OC[C@H]1O[C@H](Br)[C@H](OC(=O)c2ccccc2)[C@@H](OC(=O)c2ccccc2)[C@@H]1F)c1ccccc1. The third-order valence-corrected chi connectivity index (χ3v) is 6.19. The van der Waals surface area contributed by atoms with Crippen molar-refractivity contribution in [3.05, 3.63) is 108 Å². The van der Waals surface area contributed by atoms with Gasteiger partial charge < -0.3 is 18.9 Å². The standard InChI is InChI=1S/C27H22BrFO7/c28-24-23(36-27(32)19-14-8-3-9-15-19)22(35-26(31)18-12-6-2-7-13-18)21(29)20(34-24)16-33-25(30)17-10-4-1-5-11-17/h1-15,20-24H,16H2/t20-,21-,22+,23-,24+/m1/s1. The van der Waals surface area contributed by atoms with Crippen LogP contribution in [0.4, 0.5) is 4.39 Å². The van der Waals surface area contributed by atoms with E-state index in [0.717, 1.165) is 0 Å². The molecule has 0 saturated carbocycles. The molecule has 1 fully saturated rings. The lowest BCUT2D eigenvalue weighted by Crippen LogP contribution is -2.58. The Hall–Kier alpha value is -3.56. The fraction of sp³-hybridized carbons (Fsp3) is 0.222. The first-order valence-electron chi connectivity index (χ1n) is 11.1. The second-order valence-electron chi connectivity index (χ2n) is 7.91. The van der Waals surface area contributed by atoms with Crippen molar-refractivity contribution in [2.45, 2.75) is 29.5 Å². The largest absolute Gasteiger partial charge is 0.459 e. The van der Waals surface area contributed by atoms with Crippen molar-refractivity contribution in [3.8, 4) is 0 Å². The zero-order chi connectivity index (χ0) is 25.5. The Morgan fingerprint density at radius 3 is 1.58 bits per heavy atom. The van der Waals surface area contributed by atoms with E-state index in [-0.39, 0.29) is 11.1 Å². The van der Waals surface area contributed by atoms with Crippen LogP contribution in [0, 0.1) is 0 Å². The van der Waals surface area contributed by atoms with Crippen LogP contribution in [0.15, 0.2) is 91.0 Å². The Balaban J connectivity index is 1.52. The summed E-state index contributed by atoms with van der Waals surface area (Å²) < 4.78 is 37.6. The first kappa shape index (κ1) is 25.5. The summed E-state index contributed by atoms with van der Waals surface area (Å²) in [6.45, 7) is -0.449. The molecule has 0 aromatic heterocycles. The lowest BCUT2D eigenvalue weighted by molar-refractivity contribution is -0.185. The van der Waals surface area contributed by atoms with E-state index in [1.165, 1.54) is 12.1 Å². The van der Waals surface area contributed by atoms with Crippen LogP contribution in [0.2, 0.25) is 0 Å². The molecule has 7 nitrogen and oxygen atoms in total. The molecule has 1 aliphatic heterocycles. The van der Waals surface area contributed by atoms with Gasteiger partial charge in [0.15, 0.2) is 23.4 Å². The van der Waals surface area contributed by atoms with Gasteiger partial charge in [-0.15, -0.1) is 0 Å². The van der Waals surface area contributed by atoms with Crippen molar-refractivity contribution in [2.75, 3.05) is 6.61 Å². The smallest absolute Gasteiger partial charge is 0.338 e. The highest BCUT2D eigenvalue weighted by Crippen LogP contribution is 2.32. The lowest BCUT2D eigenvalue weighted by Gasteiger charge is -2.40. The minimum absolute atomic E-state index is 0.197. The summed E-state index contributed by atoms with van der Waals surface area (Å²) in [5.74, 6) is -2.20. The fourth-order valence-corrected chi connectivity index (χ4v) is 4.28. The highest BCUT2D eigenvalue weighted by atomic mass is 79.9. The van der Waals surface area contributed by atoms with E-state index < -0.39 is 54.0 Å². The number of alkyl halides is 2. The van der Waals surface area contributed by atoms with Crippen LogP contribution >= 0.6 is 15.9 Å². The van der Waals surface area contributed by atoms with Gasteiger partial charge in [0.2, 0.25) is 0 Å². The molecule has 0 unspecified atom stereocenters. The van der Waals surface area contributed by atoms with Crippen LogP contribution in [0.5, 0.6) is 0 Å². The van der Waals surface area contributed by atoms with Gasteiger partial charge in [0, 0.05) is 0 Å². The molecule has 36 heavy (non-hydrogen) atoms. The normalized spacial score (nSPS) is 23.3. The van der Waals surface area contributed by atoms with E-state index in [2.05, 4.69) is 15.9 Å². The molecule has 0 aliphatic carbocycles. The monoisotopic (exact) mass is 556 g/mol. The Kier molecular flexibility index (Phi) is 8.45. The Labute approximate surface area is 215 Å². The average molecular weight is 557 g/mol. The van der Waals surface area contributed by atoms with Crippen LogP contribution in [0.25, 0.3) is 0 Å². The summed E-state index contributed by atoms with van der Waals surface area (Å²) in [5, 5.41) is -1.05. The van der Waals surface area contributed by atoms with Gasteiger partial charge in [-0.2, -0.15) is 0 Å². The number of carbonyl (C=O) groups excluding carboxylic acids is 3. The van der Waals surface area contributed by atoms with Crippen LogP contribution in [0.3, 0.4) is 0 Å². The predicted molar refractivity (Wildman–Crippen MR) is 130 cm³/mol. The van der Waals surface area contributed by atoms with Gasteiger partial charge in [0.25, 0.3) is 0 Å². The van der Waals surface area contributed by atoms with Crippen LogP contribution < -0.4 is 0 Å². The molecule has 9 heteroatoms. The molecule has 0 radical (unpaired) electrons. The first-order chi connectivity index (χ1) is 17.4. The first-order valence-corrected chi connectivity index (χ1v) is 12.0. The van der Waals surface area contributed by atoms with E-state index in [0.29, 0.717) is 5.56 Å². The highest BCUT2D eigenvalue weighted by molar-refractivity contribution is 9.09. The number of rotatable bonds is 7. The summed E-state index contributed by atoms with van der Waals surface area (Å²) >= 11 is 3.26. The number of benzene rings is 3. The number of hydrogen-bond donors (Lipinski definition) is 0. The average Bonchev–Trinajstić information content (AvgIpc) is 2.92. The minimum Gasteiger partial charge on any atom is -0.459 e. The molecule has 1 saturated heterocycles. The highest BCUT2D eigenvalue weighted by Gasteiger charge is 2.50. The third-order valence-electron chi connectivity index (χ3n) is 5.45. The molecular weight excluding hydrogens is 535 g/mol. The van der Waals surface area contributed by atoms with E-state index >= 15 is 4.39 Å². The summed E-state index contributed by atoms with van der Waals surface area (Å²) in [6, 6.07) is 24.4. The second-order valence-corrected chi connectivity index (χ2v) is 8.81. The van der Waals surface area contributed by atoms with Crippen molar-refractivity contribution in [1.82, 2.24) is 0 Å². The Morgan fingerprint density at radius 2 is 1.11 bits per heavy atom. The topological polar surface area (TPSA) is 88.1 Å². The van der Waals surface area contributed by atoms with Gasteiger partial charge in [0.1, 0.15) is 12.7 Å². The van der Waals surface area contributed by atoms with Gasteiger partial charge in [-0.1, -0.05) is 70.5 Å². The van der Waals surface area contributed by atoms with E-state index in [9.17, 15) is 14.4 Å². The number of esters is 3. The molecule has 0 spiro atoms. The summed E-state index contributed by atoms with van der Waals surface area (Å²) in [5.41, 5.74) is 0.725. The van der Waals surface area contributed by atoms with Crippen LogP contribution in [-0.4, -0.2) is 54.0 Å². The molecule has 186 valence electrons. The van der Waals surface area contributed by atoms with E-state index in [4.69, 9.17) is 18.9 Å². The number of ether oxygens (including phenoxy) is 4. The van der Waals surface area contributed by atoms with Crippen LogP contribution in [-0.2, 0) is 18.9 Å². The molecule has 1 aliphatic rings. The molecule has 0 N–H and O–H groups in total. The van der Waals surface area contributed by atoms with Gasteiger partial charge in [-0.05, 0) is 36.4 Å². The second kappa shape index (κ2) is 11.9. The van der Waals surface area contributed by atoms with Crippen LogP contribution in [0.1, 0.15) is 31.1 Å². The number of hydrogen-bond acceptors (Lipinski definition) is 7. The summed E-state index contributed by atoms with van der Waals surface area (Å²) in [6.07, 6.45) is -6.11. The number of halogens is 2. The maximum atomic E-state index is 15.7. The maximum absolute atomic E-state index is 15.7. The fourth-order valence-electron chi connectivity index (χ4n) is 3.59. The molecule has 5 atom stereocenters. The number of carbonyl (C=O) groups is 3. The predicted octanol–water partition coefficient (Wildman–Crippen LogP) is 4.75. The van der Waals surface area contributed by atoms with Crippen molar-refractivity contribution in [2.24, 2.45) is 0 Å². The zero-order valence-corrected chi connectivity index (χ0v) is 20.5. The van der Waals surface area contributed by atoms with Crippen molar-refractivity contribution >= 4 is 33.8 Å². The molecule has 4 rings (SSSR count). The van der Waals surface area contributed by atoms with Gasteiger partial charge in [-0.25, -0.2) is 18.8 Å². The molecule has 0 amide bonds. The van der Waals surface area contributed by atoms with Gasteiger partial charge >= 0.3 is 17.9 Å². The summed E-state index contributed by atoms with van der Waals surface area (Å²) in [4.78, 5) is 37.8. The molecule has 3 aromatic rings. The maximum Gasteiger partial charge on any atom is 0.338 e. The molecular formula is C27H22BrFO7.